The first-order valence-corrected chi connectivity index (χ1v) is 7.26. The Morgan fingerprint density at radius 1 is 1.10 bits per heavy atom. The van der Waals surface area contributed by atoms with Crippen LogP contribution in [0.5, 0.6) is 0 Å². The molecule has 106 valence electrons. The summed E-state index contributed by atoms with van der Waals surface area (Å²) in [7, 11) is 0. The maximum Gasteiger partial charge on any atom is 0.251 e. The predicted molar refractivity (Wildman–Crippen MR) is 79.5 cm³/mol. The number of thiophene rings is 1. The quantitative estimate of drug-likeness (QED) is 0.719. The van der Waals surface area contributed by atoms with E-state index in [4.69, 9.17) is 0 Å². The number of aromatic nitrogens is 1. The average molecular weight is 303 g/mol. The summed E-state index contributed by atoms with van der Waals surface area (Å²) in [4.78, 5) is 12.1. The number of benzene rings is 1. The molecule has 0 N–H and O–H groups in total. The minimum absolute atomic E-state index is 0.0664. The van der Waals surface area contributed by atoms with Crippen LogP contribution in [-0.2, 0) is 6.54 Å². The molecule has 3 aromatic rings. The van der Waals surface area contributed by atoms with E-state index >= 15 is 0 Å². The van der Waals surface area contributed by atoms with E-state index < -0.39 is 11.6 Å². The zero-order valence-electron chi connectivity index (χ0n) is 10.9. The fraction of sp³-hybridized carbons (Fsp3) is 0.0625. The number of halogens is 2. The molecule has 1 aromatic carbocycles. The molecule has 2 heterocycles. The number of hydrogen-bond donors (Lipinski definition) is 0. The highest BCUT2D eigenvalue weighted by Crippen LogP contribution is 2.22. The van der Waals surface area contributed by atoms with Gasteiger partial charge in [0.1, 0.15) is 11.6 Å². The standard InChI is InChI=1S/C16H11F2NOS/c17-13-5-4-11(14(18)8-13)9-19-15(2-1-3-16(19)20)12-6-7-21-10-12/h1-8,10H,9H2. The van der Waals surface area contributed by atoms with E-state index in [-0.39, 0.29) is 17.7 Å². The number of pyridine rings is 1. The Bertz CT molecular complexity index is 825. The predicted octanol–water partition coefficient (Wildman–Crippen LogP) is 3.90. The first kappa shape index (κ1) is 13.7. The third-order valence-electron chi connectivity index (χ3n) is 3.21. The van der Waals surface area contributed by atoms with Gasteiger partial charge in [0.25, 0.3) is 5.56 Å². The summed E-state index contributed by atoms with van der Waals surface area (Å²) in [5.74, 6) is -1.28. The molecule has 0 aliphatic heterocycles. The van der Waals surface area contributed by atoms with Gasteiger partial charge in [-0.3, -0.25) is 4.79 Å². The largest absolute Gasteiger partial charge is 0.304 e. The van der Waals surface area contributed by atoms with Crippen molar-refractivity contribution in [1.82, 2.24) is 4.57 Å². The minimum atomic E-state index is -0.651. The van der Waals surface area contributed by atoms with E-state index in [0.29, 0.717) is 5.69 Å². The molecule has 0 atom stereocenters. The van der Waals surface area contributed by atoms with Gasteiger partial charge in [0.05, 0.1) is 12.2 Å². The van der Waals surface area contributed by atoms with E-state index in [1.807, 2.05) is 22.9 Å². The Balaban J connectivity index is 2.08. The van der Waals surface area contributed by atoms with Gasteiger partial charge in [0.15, 0.2) is 0 Å². The van der Waals surface area contributed by atoms with Gasteiger partial charge in [-0.2, -0.15) is 11.3 Å². The Kier molecular flexibility index (Phi) is 3.66. The zero-order valence-corrected chi connectivity index (χ0v) is 11.7. The van der Waals surface area contributed by atoms with Crippen LogP contribution < -0.4 is 5.56 Å². The lowest BCUT2D eigenvalue weighted by Crippen LogP contribution is -2.21. The highest BCUT2D eigenvalue weighted by Gasteiger charge is 2.10. The normalized spacial score (nSPS) is 10.8. The lowest BCUT2D eigenvalue weighted by molar-refractivity contribution is 0.565. The van der Waals surface area contributed by atoms with Crippen LogP contribution in [0.25, 0.3) is 11.3 Å². The van der Waals surface area contributed by atoms with Gasteiger partial charge in [-0.05, 0) is 23.6 Å². The first-order valence-electron chi connectivity index (χ1n) is 6.31. The van der Waals surface area contributed by atoms with E-state index in [1.165, 1.54) is 34.1 Å². The molecule has 0 bridgehead atoms. The number of hydrogen-bond acceptors (Lipinski definition) is 2. The summed E-state index contributed by atoms with van der Waals surface area (Å²) in [6.07, 6.45) is 0. The molecule has 0 fully saturated rings. The fourth-order valence-electron chi connectivity index (χ4n) is 2.17. The summed E-state index contributed by atoms with van der Waals surface area (Å²) in [6, 6.07) is 10.2. The van der Waals surface area contributed by atoms with E-state index in [0.717, 1.165) is 11.6 Å². The van der Waals surface area contributed by atoms with Crippen molar-refractivity contribution in [2.75, 3.05) is 0 Å². The topological polar surface area (TPSA) is 22.0 Å². The molecule has 0 saturated heterocycles. The van der Waals surface area contributed by atoms with Crippen LogP contribution in [0.3, 0.4) is 0 Å². The highest BCUT2D eigenvalue weighted by molar-refractivity contribution is 7.08. The summed E-state index contributed by atoms with van der Waals surface area (Å²) >= 11 is 1.52. The maximum absolute atomic E-state index is 13.8. The van der Waals surface area contributed by atoms with Crippen molar-refractivity contribution >= 4 is 11.3 Å². The number of nitrogens with zero attached hydrogens (tertiary/aromatic N) is 1. The molecular formula is C16H11F2NOS. The van der Waals surface area contributed by atoms with Gasteiger partial charge in [-0.1, -0.05) is 12.1 Å². The van der Waals surface area contributed by atoms with Crippen LogP contribution in [-0.4, -0.2) is 4.57 Å². The van der Waals surface area contributed by atoms with E-state index in [9.17, 15) is 13.6 Å². The molecule has 21 heavy (non-hydrogen) atoms. The van der Waals surface area contributed by atoms with Gasteiger partial charge in [0, 0.05) is 28.6 Å². The van der Waals surface area contributed by atoms with Gasteiger partial charge in [-0.15, -0.1) is 0 Å². The summed E-state index contributed by atoms with van der Waals surface area (Å²) < 4.78 is 28.2. The molecule has 0 unspecified atom stereocenters. The Hall–Kier alpha value is -2.27. The van der Waals surface area contributed by atoms with Crippen molar-refractivity contribution in [3.05, 3.63) is 80.8 Å². The summed E-state index contributed by atoms with van der Waals surface area (Å²) in [5.41, 5.74) is 1.68. The van der Waals surface area contributed by atoms with Crippen molar-refractivity contribution in [1.29, 1.82) is 0 Å². The van der Waals surface area contributed by atoms with Crippen LogP contribution >= 0.6 is 11.3 Å². The minimum Gasteiger partial charge on any atom is -0.304 e. The van der Waals surface area contributed by atoms with Gasteiger partial charge in [-0.25, -0.2) is 8.78 Å². The molecule has 5 heteroatoms. The summed E-state index contributed by atoms with van der Waals surface area (Å²) in [6.45, 7) is 0.0664. The van der Waals surface area contributed by atoms with E-state index in [2.05, 4.69) is 0 Å². The summed E-state index contributed by atoms with van der Waals surface area (Å²) in [5, 5.41) is 3.84. The molecule has 3 rings (SSSR count). The Morgan fingerprint density at radius 2 is 1.95 bits per heavy atom. The molecule has 0 aliphatic carbocycles. The third kappa shape index (κ3) is 2.78. The van der Waals surface area contributed by atoms with Gasteiger partial charge in [0.2, 0.25) is 0 Å². The second-order valence-electron chi connectivity index (χ2n) is 4.58. The molecule has 0 aliphatic rings. The molecule has 2 aromatic heterocycles. The fourth-order valence-corrected chi connectivity index (χ4v) is 2.82. The lowest BCUT2D eigenvalue weighted by Gasteiger charge is -2.12. The molecule has 0 amide bonds. The first-order chi connectivity index (χ1) is 10.1. The molecular weight excluding hydrogens is 292 g/mol. The van der Waals surface area contributed by atoms with Crippen LogP contribution in [0.1, 0.15) is 5.56 Å². The van der Waals surface area contributed by atoms with Crippen LogP contribution in [0.4, 0.5) is 8.78 Å². The Morgan fingerprint density at radius 3 is 2.67 bits per heavy atom. The third-order valence-corrected chi connectivity index (χ3v) is 3.89. The van der Waals surface area contributed by atoms with Crippen LogP contribution in [0.2, 0.25) is 0 Å². The van der Waals surface area contributed by atoms with Crippen molar-refractivity contribution < 1.29 is 8.78 Å². The molecule has 0 saturated carbocycles. The molecule has 0 spiro atoms. The van der Waals surface area contributed by atoms with Crippen molar-refractivity contribution in [3.63, 3.8) is 0 Å². The van der Waals surface area contributed by atoms with Crippen LogP contribution in [0, 0.1) is 11.6 Å². The van der Waals surface area contributed by atoms with Crippen LogP contribution in [0.15, 0.2) is 58.0 Å². The molecule has 0 radical (unpaired) electrons. The van der Waals surface area contributed by atoms with Crippen molar-refractivity contribution in [2.24, 2.45) is 0 Å². The van der Waals surface area contributed by atoms with Gasteiger partial charge >= 0.3 is 0 Å². The van der Waals surface area contributed by atoms with Crippen molar-refractivity contribution in [3.8, 4) is 11.3 Å². The van der Waals surface area contributed by atoms with Crippen molar-refractivity contribution in [2.45, 2.75) is 6.54 Å². The number of rotatable bonds is 3. The van der Waals surface area contributed by atoms with E-state index in [1.54, 1.807) is 6.07 Å². The second-order valence-corrected chi connectivity index (χ2v) is 5.36. The second kappa shape index (κ2) is 5.61. The monoisotopic (exact) mass is 303 g/mol. The average Bonchev–Trinajstić information content (AvgIpc) is 2.97. The van der Waals surface area contributed by atoms with Gasteiger partial charge < -0.3 is 4.57 Å². The zero-order chi connectivity index (χ0) is 14.8. The highest BCUT2D eigenvalue weighted by atomic mass is 32.1. The smallest absolute Gasteiger partial charge is 0.251 e. The molecule has 2 nitrogen and oxygen atoms in total. The Labute approximate surface area is 123 Å². The lowest BCUT2D eigenvalue weighted by atomic mass is 10.1. The SMILES string of the molecule is O=c1cccc(-c2ccsc2)n1Cc1ccc(F)cc1F. The maximum atomic E-state index is 13.8.